The van der Waals surface area contributed by atoms with Crippen molar-refractivity contribution in [2.24, 2.45) is 7.05 Å². The van der Waals surface area contributed by atoms with Crippen molar-refractivity contribution in [3.05, 3.63) is 63.2 Å². The van der Waals surface area contributed by atoms with E-state index in [1.807, 2.05) is 44.6 Å². The highest BCUT2D eigenvalue weighted by molar-refractivity contribution is 5.62. The number of hydrogen-bond donors (Lipinski definition) is 2. The number of ether oxygens (including phenoxy) is 1. The molecule has 152 valence electrons. The number of nitrogens with zero attached hydrogens (tertiary/aromatic N) is 4. The standard InChI is InChI=1S/C20H24N6O3/c1-13(14-4-3-5-15(10-14)16-11-21-25(2)12-16)22-18-23-19(27)26(20(28)24-18)17-6-8-29-9-7-17/h3-5,10-13,17H,6-9H2,1-2H3,(H2,22,23,24,27,28)/t13-/m0/s1. The lowest BCUT2D eigenvalue weighted by atomic mass is 10.0. The van der Waals surface area contributed by atoms with Crippen LogP contribution in [-0.2, 0) is 11.8 Å². The summed E-state index contributed by atoms with van der Waals surface area (Å²) in [5.74, 6) is 0.169. The normalized spacial score (nSPS) is 15.9. The zero-order valence-electron chi connectivity index (χ0n) is 16.5. The number of aromatic amines is 1. The number of aryl methyl sites for hydroxylation is 1. The van der Waals surface area contributed by atoms with Gasteiger partial charge in [-0.15, -0.1) is 0 Å². The Morgan fingerprint density at radius 3 is 2.72 bits per heavy atom. The maximum atomic E-state index is 12.5. The molecule has 2 aromatic heterocycles. The fourth-order valence-corrected chi connectivity index (χ4v) is 3.61. The summed E-state index contributed by atoms with van der Waals surface area (Å²) in [5.41, 5.74) is 2.07. The molecule has 3 heterocycles. The summed E-state index contributed by atoms with van der Waals surface area (Å²) in [4.78, 5) is 31.7. The third-order valence-electron chi connectivity index (χ3n) is 5.19. The van der Waals surface area contributed by atoms with Crippen molar-refractivity contribution in [3.8, 4) is 11.1 Å². The molecular formula is C20H24N6O3. The lowest BCUT2D eigenvalue weighted by molar-refractivity contribution is 0.0670. The zero-order chi connectivity index (χ0) is 20.4. The van der Waals surface area contributed by atoms with Crippen LogP contribution in [-0.4, -0.2) is 37.5 Å². The first-order valence-corrected chi connectivity index (χ1v) is 9.67. The molecule has 9 heteroatoms. The number of H-pyrrole nitrogens is 1. The van der Waals surface area contributed by atoms with E-state index < -0.39 is 11.4 Å². The van der Waals surface area contributed by atoms with E-state index in [4.69, 9.17) is 4.74 Å². The van der Waals surface area contributed by atoms with Crippen molar-refractivity contribution in [1.29, 1.82) is 0 Å². The van der Waals surface area contributed by atoms with Gasteiger partial charge in [0.15, 0.2) is 0 Å². The molecule has 9 nitrogen and oxygen atoms in total. The molecule has 0 saturated carbocycles. The first-order valence-electron chi connectivity index (χ1n) is 9.67. The molecule has 1 aliphatic heterocycles. The second-order valence-corrected chi connectivity index (χ2v) is 7.28. The first kappa shape index (κ1) is 19.1. The van der Waals surface area contributed by atoms with E-state index in [-0.39, 0.29) is 18.0 Å². The van der Waals surface area contributed by atoms with Gasteiger partial charge in [0, 0.05) is 38.1 Å². The molecule has 0 radical (unpaired) electrons. The van der Waals surface area contributed by atoms with Gasteiger partial charge < -0.3 is 10.1 Å². The largest absolute Gasteiger partial charge is 0.381 e. The smallest absolute Gasteiger partial charge is 0.355 e. The Hall–Kier alpha value is -3.20. The van der Waals surface area contributed by atoms with Crippen molar-refractivity contribution < 1.29 is 4.74 Å². The summed E-state index contributed by atoms with van der Waals surface area (Å²) in [6.45, 7) is 3.04. The van der Waals surface area contributed by atoms with Gasteiger partial charge in [-0.3, -0.25) is 9.67 Å². The Balaban J connectivity index is 1.55. The lowest BCUT2D eigenvalue weighted by Crippen LogP contribution is -2.42. The second kappa shape index (κ2) is 8.04. The Morgan fingerprint density at radius 2 is 2.03 bits per heavy atom. The highest BCUT2D eigenvalue weighted by atomic mass is 16.5. The van der Waals surface area contributed by atoms with Crippen LogP contribution in [0.3, 0.4) is 0 Å². The van der Waals surface area contributed by atoms with Crippen LogP contribution in [0.1, 0.15) is 37.4 Å². The molecular weight excluding hydrogens is 372 g/mol. The molecule has 0 aliphatic carbocycles. The van der Waals surface area contributed by atoms with Crippen molar-refractivity contribution in [1.82, 2.24) is 24.3 Å². The van der Waals surface area contributed by atoms with Gasteiger partial charge in [0.25, 0.3) is 0 Å². The van der Waals surface area contributed by atoms with E-state index in [0.717, 1.165) is 16.7 Å². The Morgan fingerprint density at radius 1 is 1.24 bits per heavy atom. The first-order chi connectivity index (χ1) is 14.0. The average Bonchev–Trinajstić information content (AvgIpc) is 3.15. The summed E-state index contributed by atoms with van der Waals surface area (Å²) in [6, 6.07) is 7.69. The minimum atomic E-state index is -0.542. The summed E-state index contributed by atoms with van der Waals surface area (Å²) in [5, 5.41) is 7.34. The maximum absolute atomic E-state index is 12.5. The summed E-state index contributed by atoms with van der Waals surface area (Å²) in [7, 11) is 1.88. The molecule has 3 aromatic rings. The van der Waals surface area contributed by atoms with E-state index in [9.17, 15) is 9.59 Å². The highest BCUT2D eigenvalue weighted by Gasteiger charge is 2.20. The van der Waals surface area contributed by atoms with Gasteiger partial charge in [0.05, 0.1) is 12.2 Å². The Kier molecular flexibility index (Phi) is 5.30. The molecule has 1 aliphatic rings. The Bertz CT molecular complexity index is 1080. The maximum Gasteiger partial charge on any atom is 0.355 e. The quantitative estimate of drug-likeness (QED) is 0.682. The van der Waals surface area contributed by atoms with Crippen LogP contribution in [0.4, 0.5) is 5.95 Å². The molecule has 1 saturated heterocycles. The van der Waals surface area contributed by atoms with Crippen LogP contribution in [0.15, 0.2) is 46.2 Å². The SMILES string of the molecule is C[C@H](Nc1nc(=O)n(C2CCOCC2)c(=O)[nH]1)c1cccc(-c2cnn(C)c2)c1. The van der Waals surface area contributed by atoms with Gasteiger partial charge in [-0.25, -0.2) is 14.2 Å². The average molecular weight is 396 g/mol. The van der Waals surface area contributed by atoms with Crippen LogP contribution in [0.2, 0.25) is 0 Å². The fourth-order valence-electron chi connectivity index (χ4n) is 3.61. The molecule has 0 unspecified atom stereocenters. The number of rotatable bonds is 5. The second-order valence-electron chi connectivity index (χ2n) is 7.28. The van der Waals surface area contributed by atoms with Gasteiger partial charge in [-0.1, -0.05) is 18.2 Å². The van der Waals surface area contributed by atoms with Crippen molar-refractivity contribution >= 4 is 5.95 Å². The van der Waals surface area contributed by atoms with E-state index in [2.05, 4.69) is 26.4 Å². The summed E-state index contributed by atoms with van der Waals surface area (Å²) in [6.07, 6.45) is 5.03. The lowest BCUT2D eigenvalue weighted by Gasteiger charge is -2.23. The molecule has 0 spiro atoms. The fraction of sp³-hybridized carbons (Fsp3) is 0.400. The summed E-state index contributed by atoms with van der Waals surface area (Å²) < 4.78 is 8.26. The van der Waals surface area contributed by atoms with Gasteiger partial charge >= 0.3 is 11.4 Å². The zero-order valence-corrected chi connectivity index (χ0v) is 16.5. The number of hydrogen-bond acceptors (Lipinski definition) is 6. The van der Waals surface area contributed by atoms with Crippen LogP contribution in [0.25, 0.3) is 11.1 Å². The minimum Gasteiger partial charge on any atom is -0.381 e. The van der Waals surface area contributed by atoms with Gasteiger partial charge in [0.2, 0.25) is 5.95 Å². The van der Waals surface area contributed by atoms with Crippen LogP contribution in [0, 0.1) is 0 Å². The van der Waals surface area contributed by atoms with Crippen LogP contribution < -0.4 is 16.7 Å². The van der Waals surface area contributed by atoms with Gasteiger partial charge in [-0.05, 0) is 37.0 Å². The third-order valence-corrected chi connectivity index (χ3v) is 5.19. The van der Waals surface area contributed by atoms with E-state index in [1.54, 1.807) is 4.68 Å². The predicted molar refractivity (Wildman–Crippen MR) is 109 cm³/mol. The molecule has 0 amide bonds. The minimum absolute atomic E-state index is 0.159. The monoisotopic (exact) mass is 396 g/mol. The predicted octanol–water partition coefficient (Wildman–Crippen LogP) is 1.86. The van der Waals surface area contributed by atoms with Crippen molar-refractivity contribution in [2.75, 3.05) is 18.5 Å². The van der Waals surface area contributed by atoms with E-state index >= 15 is 0 Å². The van der Waals surface area contributed by atoms with Crippen LogP contribution >= 0.6 is 0 Å². The topological polar surface area (TPSA) is 107 Å². The number of benzene rings is 1. The van der Waals surface area contributed by atoms with Gasteiger partial charge in [0.1, 0.15) is 0 Å². The van der Waals surface area contributed by atoms with Crippen LogP contribution in [0.5, 0.6) is 0 Å². The third kappa shape index (κ3) is 4.14. The number of nitrogens with one attached hydrogen (secondary N) is 2. The van der Waals surface area contributed by atoms with Crippen molar-refractivity contribution in [2.45, 2.75) is 31.8 Å². The molecule has 1 aromatic carbocycles. The molecule has 2 N–H and O–H groups in total. The van der Waals surface area contributed by atoms with Crippen molar-refractivity contribution in [3.63, 3.8) is 0 Å². The molecule has 4 rings (SSSR count). The molecule has 0 bridgehead atoms. The van der Waals surface area contributed by atoms with E-state index in [0.29, 0.717) is 26.1 Å². The highest BCUT2D eigenvalue weighted by Crippen LogP contribution is 2.24. The van der Waals surface area contributed by atoms with Gasteiger partial charge in [-0.2, -0.15) is 10.1 Å². The number of aromatic nitrogens is 5. The molecule has 29 heavy (non-hydrogen) atoms. The number of anilines is 1. The molecule has 1 fully saturated rings. The molecule has 1 atom stereocenters. The Labute approximate surface area is 167 Å². The van der Waals surface area contributed by atoms with E-state index in [1.165, 1.54) is 4.57 Å². The summed E-state index contributed by atoms with van der Waals surface area (Å²) >= 11 is 0.